The molecule has 154 valence electrons. The van der Waals surface area contributed by atoms with Crippen molar-refractivity contribution in [1.82, 2.24) is 29.9 Å². The molecule has 7 heteroatoms. The molecule has 0 fully saturated rings. The Morgan fingerprint density at radius 2 is 1.90 bits per heavy atom. The van der Waals surface area contributed by atoms with Crippen molar-refractivity contribution < 1.29 is 4.42 Å². The van der Waals surface area contributed by atoms with Gasteiger partial charge in [0.05, 0.1) is 17.9 Å². The van der Waals surface area contributed by atoms with Crippen LogP contribution in [-0.2, 0) is 19.4 Å². The van der Waals surface area contributed by atoms with E-state index in [1.807, 2.05) is 30.7 Å². The zero-order valence-electron chi connectivity index (χ0n) is 18.0. The van der Waals surface area contributed by atoms with E-state index in [-0.39, 0.29) is 11.5 Å². The number of aromatic nitrogens is 5. The summed E-state index contributed by atoms with van der Waals surface area (Å²) in [6.45, 7) is 12.8. The van der Waals surface area contributed by atoms with Gasteiger partial charge in [0.15, 0.2) is 0 Å². The second-order valence-electron chi connectivity index (χ2n) is 9.29. The molecule has 1 atom stereocenters. The third kappa shape index (κ3) is 4.24. The van der Waals surface area contributed by atoms with Gasteiger partial charge in [0.1, 0.15) is 0 Å². The Hall–Kier alpha value is -2.54. The highest BCUT2D eigenvalue weighted by Crippen LogP contribution is 2.35. The highest BCUT2D eigenvalue weighted by atomic mass is 16.4. The van der Waals surface area contributed by atoms with Crippen molar-refractivity contribution in [2.75, 3.05) is 6.54 Å². The van der Waals surface area contributed by atoms with Crippen LogP contribution in [0.1, 0.15) is 63.7 Å². The van der Waals surface area contributed by atoms with Gasteiger partial charge >= 0.3 is 0 Å². The lowest BCUT2D eigenvalue weighted by molar-refractivity contribution is 0.120. The van der Waals surface area contributed by atoms with Gasteiger partial charge in [0.2, 0.25) is 11.8 Å². The second kappa shape index (κ2) is 7.71. The molecule has 0 saturated carbocycles. The summed E-state index contributed by atoms with van der Waals surface area (Å²) in [6.07, 6.45) is 7.38. The van der Waals surface area contributed by atoms with Gasteiger partial charge in [-0.1, -0.05) is 27.7 Å². The number of rotatable bonds is 5. The van der Waals surface area contributed by atoms with Gasteiger partial charge in [-0.3, -0.25) is 9.88 Å². The Labute approximate surface area is 172 Å². The molecule has 0 amide bonds. The molecule has 0 aromatic carbocycles. The number of fused-ring (bicyclic) bond motifs is 1. The van der Waals surface area contributed by atoms with Crippen LogP contribution < -0.4 is 0 Å². The van der Waals surface area contributed by atoms with E-state index in [2.05, 4.69) is 64.5 Å². The van der Waals surface area contributed by atoms with Gasteiger partial charge in [-0.15, -0.1) is 10.2 Å². The van der Waals surface area contributed by atoms with Crippen LogP contribution in [0.5, 0.6) is 0 Å². The number of nitrogens with zero attached hydrogens (tertiary/aromatic N) is 6. The van der Waals surface area contributed by atoms with Gasteiger partial charge in [0, 0.05) is 43.2 Å². The normalized spacial score (nSPS) is 17.9. The van der Waals surface area contributed by atoms with Crippen molar-refractivity contribution in [2.24, 2.45) is 11.3 Å². The summed E-state index contributed by atoms with van der Waals surface area (Å²) in [4.78, 5) is 6.56. The third-order valence-corrected chi connectivity index (χ3v) is 5.48. The fourth-order valence-electron chi connectivity index (χ4n) is 4.07. The molecule has 0 spiro atoms. The number of pyridine rings is 1. The maximum atomic E-state index is 5.99. The Balaban J connectivity index is 1.62. The lowest BCUT2D eigenvalue weighted by Crippen LogP contribution is -2.35. The van der Waals surface area contributed by atoms with Crippen LogP contribution in [0.25, 0.3) is 5.69 Å². The van der Waals surface area contributed by atoms with E-state index in [1.165, 1.54) is 11.3 Å². The smallest absolute Gasteiger partial charge is 0.233 e. The van der Waals surface area contributed by atoms with Gasteiger partial charge in [-0.05, 0) is 36.8 Å². The molecule has 0 aliphatic carbocycles. The predicted molar refractivity (Wildman–Crippen MR) is 111 cm³/mol. The zero-order valence-corrected chi connectivity index (χ0v) is 18.0. The lowest BCUT2D eigenvalue weighted by atomic mass is 9.87. The molecule has 1 aliphatic rings. The molecule has 1 unspecified atom stereocenters. The van der Waals surface area contributed by atoms with Crippen LogP contribution in [0.3, 0.4) is 0 Å². The second-order valence-corrected chi connectivity index (χ2v) is 9.29. The molecular formula is C22H30N6O. The molecule has 3 aromatic rings. The van der Waals surface area contributed by atoms with Crippen molar-refractivity contribution in [2.45, 2.75) is 60.0 Å². The first kappa shape index (κ1) is 19.8. The largest absolute Gasteiger partial charge is 0.424 e. The number of hydrogen-bond donors (Lipinski definition) is 0. The Kier molecular flexibility index (Phi) is 5.25. The van der Waals surface area contributed by atoms with Crippen LogP contribution in [0.4, 0.5) is 0 Å². The molecular weight excluding hydrogens is 364 g/mol. The summed E-state index contributed by atoms with van der Waals surface area (Å²) >= 11 is 0. The monoisotopic (exact) mass is 394 g/mol. The molecule has 7 nitrogen and oxygen atoms in total. The minimum absolute atomic E-state index is 0.0536. The maximum absolute atomic E-state index is 5.99. The van der Waals surface area contributed by atoms with Gasteiger partial charge < -0.3 is 4.42 Å². The van der Waals surface area contributed by atoms with Crippen molar-refractivity contribution in [1.29, 1.82) is 0 Å². The third-order valence-electron chi connectivity index (χ3n) is 5.48. The summed E-state index contributed by atoms with van der Waals surface area (Å²) in [7, 11) is 0. The summed E-state index contributed by atoms with van der Waals surface area (Å²) < 4.78 is 8.05. The van der Waals surface area contributed by atoms with Crippen LogP contribution >= 0.6 is 0 Å². The van der Waals surface area contributed by atoms with Crippen LogP contribution in [-0.4, -0.2) is 36.4 Å². The van der Waals surface area contributed by atoms with Gasteiger partial charge in [-0.25, -0.2) is 4.68 Å². The Bertz CT molecular complexity index is 959. The summed E-state index contributed by atoms with van der Waals surface area (Å²) in [6, 6.07) is 4.05. The molecule has 0 saturated heterocycles. The summed E-state index contributed by atoms with van der Waals surface area (Å²) in [5.74, 6) is 1.92. The SMILES string of the molecule is CC(C)Cc1nnc(C(C)N2Cc3cnn(-c4ccncc4)c3CC(C)(C)C2)o1. The first-order valence-electron chi connectivity index (χ1n) is 10.3. The minimum atomic E-state index is 0.0536. The average Bonchev–Trinajstić information content (AvgIpc) is 3.25. The molecule has 0 N–H and O–H groups in total. The molecule has 3 aromatic heterocycles. The highest BCUT2D eigenvalue weighted by molar-refractivity contribution is 5.34. The highest BCUT2D eigenvalue weighted by Gasteiger charge is 2.34. The van der Waals surface area contributed by atoms with E-state index in [1.54, 1.807) is 0 Å². The van der Waals surface area contributed by atoms with Crippen LogP contribution in [0.15, 0.2) is 35.1 Å². The molecule has 0 radical (unpaired) electrons. The van der Waals surface area contributed by atoms with Gasteiger partial charge in [-0.2, -0.15) is 5.10 Å². The maximum Gasteiger partial charge on any atom is 0.233 e. The molecule has 4 heterocycles. The summed E-state index contributed by atoms with van der Waals surface area (Å²) in [5, 5.41) is 13.3. The fraction of sp³-hybridized carbons (Fsp3) is 0.545. The van der Waals surface area contributed by atoms with E-state index in [0.29, 0.717) is 11.8 Å². The molecule has 4 rings (SSSR count). The first-order chi connectivity index (χ1) is 13.8. The lowest BCUT2D eigenvalue weighted by Gasteiger charge is -2.32. The topological polar surface area (TPSA) is 72.9 Å². The molecule has 0 bridgehead atoms. The molecule has 1 aliphatic heterocycles. The molecule has 29 heavy (non-hydrogen) atoms. The van der Waals surface area contributed by atoms with Crippen LogP contribution in [0, 0.1) is 11.3 Å². The van der Waals surface area contributed by atoms with Crippen molar-refractivity contribution in [3.63, 3.8) is 0 Å². The first-order valence-corrected chi connectivity index (χ1v) is 10.3. The quantitative estimate of drug-likeness (QED) is 0.651. The van der Waals surface area contributed by atoms with E-state index >= 15 is 0 Å². The zero-order chi connectivity index (χ0) is 20.6. The van der Waals surface area contributed by atoms with Crippen molar-refractivity contribution in [3.05, 3.63) is 53.8 Å². The summed E-state index contributed by atoms with van der Waals surface area (Å²) in [5.41, 5.74) is 3.65. The van der Waals surface area contributed by atoms with Gasteiger partial charge in [0.25, 0.3) is 0 Å². The van der Waals surface area contributed by atoms with Crippen molar-refractivity contribution >= 4 is 0 Å². The number of hydrogen-bond acceptors (Lipinski definition) is 6. The Morgan fingerprint density at radius 3 is 2.62 bits per heavy atom. The minimum Gasteiger partial charge on any atom is -0.424 e. The average molecular weight is 395 g/mol. The van der Waals surface area contributed by atoms with E-state index in [9.17, 15) is 0 Å². The predicted octanol–water partition coefficient (Wildman–Crippen LogP) is 3.99. The van der Waals surface area contributed by atoms with E-state index < -0.39 is 0 Å². The fourth-order valence-corrected chi connectivity index (χ4v) is 4.07. The standard InChI is InChI=1S/C22H30N6O/c1-15(2)10-20-25-26-21(29-20)16(3)27-13-17-12-24-28(18-6-8-23-9-7-18)19(17)11-22(4,5)14-27/h6-9,12,15-16H,10-11,13-14H2,1-5H3. The Morgan fingerprint density at radius 1 is 1.14 bits per heavy atom. The van der Waals surface area contributed by atoms with E-state index in [0.717, 1.165) is 37.5 Å². The van der Waals surface area contributed by atoms with Crippen LogP contribution in [0.2, 0.25) is 0 Å². The van der Waals surface area contributed by atoms with Crippen molar-refractivity contribution in [3.8, 4) is 5.69 Å². The van der Waals surface area contributed by atoms with E-state index in [4.69, 9.17) is 4.42 Å².